The molecule has 5 heteroatoms. The van der Waals surface area contributed by atoms with Crippen molar-refractivity contribution in [3.63, 3.8) is 0 Å². The third-order valence-corrected chi connectivity index (χ3v) is 3.24. The summed E-state index contributed by atoms with van der Waals surface area (Å²) in [5.41, 5.74) is 0.826. The lowest BCUT2D eigenvalue weighted by molar-refractivity contribution is 0.425. The summed E-state index contributed by atoms with van der Waals surface area (Å²) in [4.78, 5) is 0. The summed E-state index contributed by atoms with van der Waals surface area (Å²) < 4.78 is 53.1. The molecule has 0 aliphatic heterocycles. The molecule has 2 rings (SSSR count). The van der Waals surface area contributed by atoms with E-state index in [1.165, 1.54) is 18.2 Å². The van der Waals surface area contributed by atoms with E-state index in [4.69, 9.17) is 0 Å². The average Bonchev–Trinajstić information content (AvgIpc) is 2.47. The number of hydrogen-bond acceptors (Lipinski definition) is 1. The van der Waals surface area contributed by atoms with Gasteiger partial charge in [0, 0.05) is 11.6 Å². The maximum Gasteiger partial charge on any atom is 0.194 e. The summed E-state index contributed by atoms with van der Waals surface area (Å²) >= 11 is 0. The van der Waals surface area contributed by atoms with Crippen molar-refractivity contribution in [2.75, 3.05) is 6.54 Å². The number of nitrogens with one attached hydrogen (secondary N) is 1. The summed E-state index contributed by atoms with van der Waals surface area (Å²) in [5.74, 6) is -4.25. The summed E-state index contributed by atoms with van der Waals surface area (Å²) in [6.45, 7) is 2.36. The van der Waals surface area contributed by atoms with Crippen molar-refractivity contribution in [1.82, 2.24) is 5.32 Å². The third kappa shape index (κ3) is 3.61. The topological polar surface area (TPSA) is 12.0 Å². The Kier molecular flexibility index (Phi) is 4.96. The standard InChI is InChI=1S/C16H15F4N/c1-2-21-14(9-10-3-5-11(17)6-4-10)12-7-8-13(18)16(20)15(12)19/h3-8,14,21H,2,9H2,1H3. The van der Waals surface area contributed by atoms with E-state index >= 15 is 0 Å². The number of likely N-dealkylation sites (N-methyl/N-ethyl adjacent to an activating group) is 1. The zero-order valence-electron chi connectivity index (χ0n) is 11.5. The molecular formula is C16H15F4N. The van der Waals surface area contributed by atoms with Crippen molar-refractivity contribution < 1.29 is 17.6 Å². The molecule has 0 radical (unpaired) electrons. The maximum absolute atomic E-state index is 13.9. The van der Waals surface area contributed by atoms with Crippen LogP contribution in [0.5, 0.6) is 0 Å². The molecule has 21 heavy (non-hydrogen) atoms. The van der Waals surface area contributed by atoms with Gasteiger partial charge >= 0.3 is 0 Å². The molecule has 0 amide bonds. The predicted octanol–water partition coefficient (Wildman–Crippen LogP) is 4.14. The zero-order chi connectivity index (χ0) is 15.4. The first kappa shape index (κ1) is 15.5. The highest BCUT2D eigenvalue weighted by molar-refractivity contribution is 5.27. The van der Waals surface area contributed by atoms with Gasteiger partial charge in [0.05, 0.1) is 0 Å². The molecule has 0 saturated carbocycles. The molecule has 0 saturated heterocycles. The van der Waals surface area contributed by atoms with Gasteiger partial charge in [0.1, 0.15) is 5.82 Å². The van der Waals surface area contributed by atoms with Crippen LogP contribution in [-0.4, -0.2) is 6.54 Å². The SMILES string of the molecule is CCNC(Cc1ccc(F)cc1)c1ccc(F)c(F)c1F. The first-order valence-electron chi connectivity index (χ1n) is 6.64. The summed E-state index contributed by atoms with van der Waals surface area (Å²) in [7, 11) is 0. The van der Waals surface area contributed by atoms with E-state index in [1.54, 1.807) is 12.1 Å². The lowest BCUT2D eigenvalue weighted by Crippen LogP contribution is -2.24. The van der Waals surface area contributed by atoms with Gasteiger partial charge in [-0.05, 0) is 36.7 Å². The van der Waals surface area contributed by atoms with E-state index in [0.29, 0.717) is 13.0 Å². The number of hydrogen-bond donors (Lipinski definition) is 1. The molecule has 1 nitrogen and oxygen atoms in total. The van der Waals surface area contributed by atoms with Gasteiger partial charge in [0.2, 0.25) is 0 Å². The molecule has 2 aromatic carbocycles. The minimum atomic E-state index is -1.48. The maximum atomic E-state index is 13.9. The Morgan fingerprint density at radius 2 is 1.57 bits per heavy atom. The van der Waals surface area contributed by atoms with E-state index < -0.39 is 23.5 Å². The quantitative estimate of drug-likeness (QED) is 0.646. The van der Waals surface area contributed by atoms with Crippen LogP contribution < -0.4 is 5.32 Å². The van der Waals surface area contributed by atoms with Crippen molar-refractivity contribution >= 4 is 0 Å². The Bertz CT molecular complexity index is 610. The van der Waals surface area contributed by atoms with Gasteiger partial charge in [-0.1, -0.05) is 25.1 Å². The van der Waals surface area contributed by atoms with Crippen LogP contribution in [0.4, 0.5) is 17.6 Å². The molecule has 0 aliphatic carbocycles. The van der Waals surface area contributed by atoms with Crippen molar-refractivity contribution in [2.45, 2.75) is 19.4 Å². The molecule has 0 fully saturated rings. The second-order valence-corrected chi connectivity index (χ2v) is 4.71. The van der Waals surface area contributed by atoms with Gasteiger partial charge in [0.25, 0.3) is 0 Å². The molecule has 0 aromatic heterocycles. The van der Waals surface area contributed by atoms with Crippen LogP contribution >= 0.6 is 0 Å². The van der Waals surface area contributed by atoms with Crippen molar-refractivity contribution in [3.8, 4) is 0 Å². The molecule has 1 atom stereocenters. The van der Waals surface area contributed by atoms with E-state index in [0.717, 1.165) is 11.6 Å². The first-order valence-corrected chi connectivity index (χ1v) is 6.64. The molecule has 0 aliphatic rings. The molecule has 112 valence electrons. The minimum Gasteiger partial charge on any atom is -0.310 e. The molecular weight excluding hydrogens is 282 g/mol. The Morgan fingerprint density at radius 1 is 0.905 bits per heavy atom. The van der Waals surface area contributed by atoms with Gasteiger partial charge in [-0.3, -0.25) is 0 Å². The fourth-order valence-electron chi connectivity index (χ4n) is 2.20. The van der Waals surface area contributed by atoms with Crippen LogP contribution in [0.15, 0.2) is 36.4 Å². The predicted molar refractivity (Wildman–Crippen MR) is 72.8 cm³/mol. The second kappa shape index (κ2) is 6.72. The van der Waals surface area contributed by atoms with Crippen LogP contribution in [0.1, 0.15) is 24.1 Å². The largest absolute Gasteiger partial charge is 0.310 e. The van der Waals surface area contributed by atoms with Crippen LogP contribution in [-0.2, 0) is 6.42 Å². The Morgan fingerprint density at radius 3 is 2.19 bits per heavy atom. The summed E-state index contributed by atoms with van der Waals surface area (Å²) in [6, 6.07) is 7.39. The van der Waals surface area contributed by atoms with Gasteiger partial charge < -0.3 is 5.32 Å². The molecule has 1 unspecified atom stereocenters. The van der Waals surface area contributed by atoms with Gasteiger partial charge in [-0.15, -0.1) is 0 Å². The zero-order valence-corrected chi connectivity index (χ0v) is 11.5. The number of benzene rings is 2. The minimum absolute atomic E-state index is 0.0556. The number of rotatable bonds is 5. The smallest absolute Gasteiger partial charge is 0.194 e. The van der Waals surface area contributed by atoms with Crippen molar-refractivity contribution in [3.05, 3.63) is 70.8 Å². The lowest BCUT2D eigenvalue weighted by atomic mass is 9.98. The fourth-order valence-corrected chi connectivity index (χ4v) is 2.20. The van der Waals surface area contributed by atoms with Crippen molar-refractivity contribution in [2.24, 2.45) is 0 Å². The van der Waals surface area contributed by atoms with Crippen LogP contribution in [0.25, 0.3) is 0 Å². The van der Waals surface area contributed by atoms with Gasteiger partial charge in [0.15, 0.2) is 17.5 Å². The normalized spacial score (nSPS) is 12.4. The van der Waals surface area contributed by atoms with E-state index in [-0.39, 0.29) is 11.4 Å². The first-order chi connectivity index (χ1) is 10.0. The Hall–Kier alpha value is -1.88. The second-order valence-electron chi connectivity index (χ2n) is 4.71. The molecule has 0 bridgehead atoms. The van der Waals surface area contributed by atoms with Gasteiger partial charge in [-0.2, -0.15) is 0 Å². The lowest BCUT2D eigenvalue weighted by Gasteiger charge is -2.19. The Labute approximate surface area is 120 Å². The Balaban J connectivity index is 2.30. The molecule has 0 spiro atoms. The molecule has 0 heterocycles. The van der Waals surface area contributed by atoms with Crippen LogP contribution in [0, 0.1) is 23.3 Å². The van der Waals surface area contributed by atoms with Gasteiger partial charge in [-0.25, -0.2) is 17.6 Å². The highest BCUT2D eigenvalue weighted by Crippen LogP contribution is 2.24. The van der Waals surface area contributed by atoms with Crippen LogP contribution in [0.2, 0.25) is 0 Å². The highest BCUT2D eigenvalue weighted by Gasteiger charge is 2.20. The molecule has 1 N–H and O–H groups in total. The number of halogens is 4. The average molecular weight is 297 g/mol. The van der Waals surface area contributed by atoms with E-state index in [1.807, 2.05) is 6.92 Å². The summed E-state index contributed by atoms with van der Waals surface area (Å²) in [6.07, 6.45) is 0.343. The highest BCUT2D eigenvalue weighted by atomic mass is 19.2. The molecule has 2 aromatic rings. The monoisotopic (exact) mass is 297 g/mol. The van der Waals surface area contributed by atoms with E-state index in [2.05, 4.69) is 5.32 Å². The van der Waals surface area contributed by atoms with E-state index in [9.17, 15) is 17.6 Å². The van der Waals surface area contributed by atoms with Crippen LogP contribution in [0.3, 0.4) is 0 Å². The summed E-state index contributed by atoms with van der Waals surface area (Å²) in [5, 5.41) is 3.03. The van der Waals surface area contributed by atoms with Crippen molar-refractivity contribution in [1.29, 1.82) is 0 Å². The third-order valence-electron chi connectivity index (χ3n) is 3.24. The fraction of sp³-hybridized carbons (Fsp3) is 0.250.